The normalized spacial score (nSPS) is 13.0. The van der Waals surface area contributed by atoms with Crippen molar-refractivity contribution in [2.75, 3.05) is 9.80 Å². The highest BCUT2D eigenvalue weighted by atomic mass is 32.2. The van der Waals surface area contributed by atoms with Crippen LogP contribution in [0.15, 0.2) is 200 Å². The van der Waals surface area contributed by atoms with Crippen molar-refractivity contribution in [3.05, 3.63) is 193 Å². The SMILES string of the molecule is N=C(N=C(C(=N)c1cccc(N2c3ccccc3Sc3ccccc32)c1)c1cccc(N2c3ccccc3Sc3ccccc32)c1)c1ccccc1. The number of nitrogens with zero attached hydrogens (tertiary/aromatic N) is 3. The van der Waals surface area contributed by atoms with E-state index in [-0.39, 0.29) is 11.5 Å². The van der Waals surface area contributed by atoms with Crippen molar-refractivity contribution in [3.63, 3.8) is 0 Å². The molecule has 0 aromatic heterocycles. The molecule has 2 aliphatic heterocycles. The Morgan fingerprint density at radius 2 is 0.788 bits per heavy atom. The Morgan fingerprint density at radius 3 is 1.27 bits per heavy atom. The van der Waals surface area contributed by atoms with Gasteiger partial charge in [-0.2, -0.15) is 0 Å². The lowest BCUT2D eigenvalue weighted by Crippen LogP contribution is -2.20. The van der Waals surface area contributed by atoms with Crippen LogP contribution in [0.25, 0.3) is 0 Å². The number of anilines is 6. The fourth-order valence-corrected chi connectivity index (χ4v) is 8.85. The molecular formula is C45H31N5S2. The Morgan fingerprint density at radius 1 is 0.404 bits per heavy atom. The molecule has 2 heterocycles. The highest BCUT2D eigenvalue weighted by molar-refractivity contribution is 8.00. The van der Waals surface area contributed by atoms with Crippen molar-refractivity contribution in [3.8, 4) is 0 Å². The van der Waals surface area contributed by atoms with Crippen LogP contribution in [0.1, 0.15) is 16.7 Å². The lowest BCUT2D eigenvalue weighted by Gasteiger charge is -2.33. The minimum Gasteiger partial charge on any atom is -0.308 e. The second-order valence-electron chi connectivity index (χ2n) is 12.4. The van der Waals surface area contributed by atoms with Gasteiger partial charge >= 0.3 is 0 Å². The maximum absolute atomic E-state index is 9.76. The number of rotatable bonds is 6. The van der Waals surface area contributed by atoms with Gasteiger partial charge in [0.05, 0.1) is 34.2 Å². The number of fused-ring (bicyclic) bond motifs is 4. The summed E-state index contributed by atoms with van der Waals surface area (Å²) in [5.74, 6) is 0.0999. The summed E-state index contributed by atoms with van der Waals surface area (Å²) in [5.41, 5.74) is 9.12. The number of para-hydroxylation sites is 4. The van der Waals surface area contributed by atoms with Gasteiger partial charge in [-0.3, -0.25) is 10.8 Å². The third-order valence-corrected chi connectivity index (χ3v) is 11.4. The summed E-state index contributed by atoms with van der Waals surface area (Å²) in [6.07, 6.45) is 0. The second-order valence-corrected chi connectivity index (χ2v) is 14.6. The summed E-state index contributed by atoms with van der Waals surface area (Å²) in [5, 5.41) is 18.8. The van der Waals surface area contributed by atoms with Crippen LogP contribution in [0, 0.1) is 10.8 Å². The molecule has 7 heteroatoms. The fourth-order valence-electron chi connectivity index (χ4n) is 6.73. The molecule has 0 atom stereocenters. The Hall–Kier alpha value is -6.15. The smallest absolute Gasteiger partial charge is 0.152 e. The average molecular weight is 706 g/mol. The van der Waals surface area contributed by atoms with E-state index in [4.69, 9.17) is 10.4 Å². The third kappa shape index (κ3) is 5.80. The van der Waals surface area contributed by atoms with E-state index >= 15 is 0 Å². The molecule has 2 aliphatic rings. The number of benzene rings is 7. The fraction of sp³-hybridized carbons (Fsp3) is 0. The van der Waals surface area contributed by atoms with Crippen LogP contribution in [0.4, 0.5) is 34.1 Å². The molecule has 0 saturated carbocycles. The van der Waals surface area contributed by atoms with Crippen LogP contribution in [0.5, 0.6) is 0 Å². The van der Waals surface area contributed by atoms with Gasteiger partial charge in [0.1, 0.15) is 0 Å². The number of hydrogen-bond acceptors (Lipinski definition) is 6. The zero-order valence-corrected chi connectivity index (χ0v) is 29.5. The second kappa shape index (κ2) is 13.5. The van der Waals surface area contributed by atoms with E-state index in [1.54, 1.807) is 23.5 Å². The molecule has 52 heavy (non-hydrogen) atoms. The first kappa shape index (κ1) is 31.8. The molecule has 0 aliphatic carbocycles. The van der Waals surface area contributed by atoms with Gasteiger partial charge < -0.3 is 9.80 Å². The van der Waals surface area contributed by atoms with Crippen LogP contribution in [0.3, 0.4) is 0 Å². The molecule has 248 valence electrons. The monoisotopic (exact) mass is 705 g/mol. The minimum absolute atomic E-state index is 0.0999. The lowest BCUT2D eigenvalue weighted by atomic mass is 9.97. The lowest BCUT2D eigenvalue weighted by molar-refractivity contribution is 1.16. The molecule has 9 rings (SSSR count). The maximum Gasteiger partial charge on any atom is 0.152 e. The molecular weight excluding hydrogens is 675 g/mol. The van der Waals surface area contributed by atoms with Gasteiger partial charge in [0.25, 0.3) is 0 Å². The molecule has 2 N–H and O–H groups in total. The Balaban J connectivity index is 1.16. The Bertz CT molecular complexity index is 2450. The average Bonchev–Trinajstić information content (AvgIpc) is 3.21. The van der Waals surface area contributed by atoms with Crippen molar-refractivity contribution in [2.45, 2.75) is 19.6 Å². The van der Waals surface area contributed by atoms with Crippen LogP contribution in [-0.2, 0) is 0 Å². The van der Waals surface area contributed by atoms with Gasteiger partial charge in [-0.1, -0.05) is 127 Å². The topological polar surface area (TPSA) is 66.5 Å². The van der Waals surface area contributed by atoms with Crippen molar-refractivity contribution in [2.24, 2.45) is 4.99 Å². The summed E-state index contributed by atoms with van der Waals surface area (Å²) in [4.78, 5) is 14.2. The van der Waals surface area contributed by atoms with Crippen molar-refractivity contribution in [1.29, 1.82) is 10.8 Å². The first-order valence-electron chi connectivity index (χ1n) is 17.0. The highest BCUT2D eigenvalue weighted by Crippen LogP contribution is 2.52. The molecule has 0 amide bonds. The van der Waals surface area contributed by atoms with E-state index in [1.807, 2.05) is 54.6 Å². The molecule has 7 aromatic carbocycles. The zero-order chi connectivity index (χ0) is 35.0. The van der Waals surface area contributed by atoms with Crippen LogP contribution >= 0.6 is 23.5 Å². The number of hydrogen-bond donors (Lipinski definition) is 2. The molecule has 0 radical (unpaired) electrons. The van der Waals surface area contributed by atoms with Crippen molar-refractivity contribution < 1.29 is 0 Å². The predicted octanol–water partition coefficient (Wildman–Crippen LogP) is 12.4. The number of amidine groups is 1. The molecule has 0 unspecified atom stereocenters. The van der Waals surface area contributed by atoms with E-state index in [0.29, 0.717) is 16.8 Å². The van der Waals surface area contributed by atoms with Gasteiger partial charge in [0, 0.05) is 47.6 Å². The molecule has 0 bridgehead atoms. The molecule has 0 saturated heterocycles. The molecule has 0 spiro atoms. The van der Waals surface area contributed by atoms with E-state index in [0.717, 1.165) is 39.7 Å². The summed E-state index contributed by atoms with van der Waals surface area (Å²) < 4.78 is 0. The molecule has 0 fully saturated rings. The van der Waals surface area contributed by atoms with E-state index in [1.165, 1.54) is 19.6 Å². The Labute approximate surface area is 311 Å². The van der Waals surface area contributed by atoms with E-state index in [9.17, 15) is 5.41 Å². The Kier molecular flexibility index (Phi) is 8.27. The molecule has 5 nitrogen and oxygen atoms in total. The van der Waals surface area contributed by atoms with Gasteiger partial charge in [-0.25, -0.2) is 4.99 Å². The minimum atomic E-state index is 0.0999. The standard InChI is InChI=1S/C45H31N5S2/c46-43(31-16-12-18-33(28-31)49-35-20-4-8-24-39(35)51-40-25-9-5-21-36(40)49)44(48-45(47)30-14-2-1-3-15-30)32-17-13-19-34(29-32)50-37-22-6-10-26-41(37)52-42-27-11-7-23-38(42)50/h1-29,46-47H. The quantitative estimate of drug-likeness (QED) is 0.133. The third-order valence-electron chi connectivity index (χ3n) is 9.14. The number of aliphatic imine (C=N–C) groups is 1. The first-order valence-corrected chi connectivity index (χ1v) is 18.6. The van der Waals surface area contributed by atoms with E-state index in [2.05, 4.69) is 131 Å². The van der Waals surface area contributed by atoms with Gasteiger partial charge in [0.15, 0.2) is 5.84 Å². The summed E-state index contributed by atoms with van der Waals surface area (Å²) in [6.45, 7) is 0. The summed E-state index contributed by atoms with van der Waals surface area (Å²) in [7, 11) is 0. The van der Waals surface area contributed by atoms with Gasteiger partial charge in [-0.15, -0.1) is 0 Å². The zero-order valence-electron chi connectivity index (χ0n) is 27.9. The van der Waals surface area contributed by atoms with Crippen LogP contribution in [0.2, 0.25) is 0 Å². The van der Waals surface area contributed by atoms with Crippen molar-refractivity contribution in [1.82, 2.24) is 0 Å². The largest absolute Gasteiger partial charge is 0.308 e. The summed E-state index contributed by atoms with van der Waals surface area (Å²) >= 11 is 3.54. The number of nitrogens with one attached hydrogen (secondary N) is 2. The molecule has 7 aromatic rings. The maximum atomic E-state index is 9.76. The summed E-state index contributed by atoms with van der Waals surface area (Å²) in [6, 6.07) is 59.6. The van der Waals surface area contributed by atoms with Gasteiger partial charge in [-0.05, 0) is 72.8 Å². The van der Waals surface area contributed by atoms with Crippen molar-refractivity contribution >= 4 is 74.9 Å². The predicted molar refractivity (Wildman–Crippen MR) is 217 cm³/mol. The highest BCUT2D eigenvalue weighted by Gasteiger charge is 2.27. The first-order chi connectivity index (χ1) is 25.6. The van der Waals surface area contributed by atoms with E-state index < -0.39 is 0 Å². The van der Waals surface area contributed by atoms with Gasteiger partial charge in [0.2, 0.25) is 0 Å². The van der Waals surface area contributed by atoms with Crippen LogP contribution < -0.4 is 9.80 Å². The van der Waals surface area contributed by atoms with Crippen LogP contribution in [-0.4, -0.2) is 17.3 Å².